The van der Waals surface area contributed by atoms with Gasteiger partial charge in [0.1, 0.15) is 0 Å². The van der Waals surface area contributed by atoms with Crippen molar-refractivity contribution in [3.63, 3.8) is 0 Å². The zero-order valence-corrected chi connectivity index (χ0v) is 12.0. The van der Waals surface area contributed by atoms with Crippen molar-refractivity contribution in [2.24, 2.45) is 10.7 Å². The minimum absolute atomic E-state index is 0.327. The van der Waals surface area contributed by atoms with Crippen LogP contribution in [0.5, 0.6) is 0 Å². The van der Waals surface area contributed by atoms with Gasteiger partial charge in [0.2, 0.25) is 0 Å². The minimum Gasteiger partial charge on any atom is -0.477 e. The molecule has 0 aliphatic carbocycles. The summed E-state index contributed by atoms with van der Waals surface area (Å²) in [4.78, 5) is 26.3. The molecular formula is C17H14N2O4. The number of benzene rings is 2. The van der Waals surface area contributed by atoms with E-state index in [1.54, 1.807) is 48.5 Å². The van der Waals surface area contributed by atoms with Crippen LogP contribution in [0.15, 0.2) is 77.1 Å². The van der Waals surface area contributed by atoms with Crippen molar-refractivity contribution >= 4 is 17.7 Å². The number of carbonyl (C=O) groups is 2. The first-order valence-corrected chi connectivity index (χ1v) is 6.66. The lowest BCUT2D eigenvalue weighted by molar-refractivity contribution is -0.136. The first kappa shape index (κ1) is 16.0. The fourth-order valence-electron chi connectivity index (χ4n) is 1.92. The molecule has 0 bridgehead atoms. The molecule has 116 valence electrons. The number of nitrogens with zero attached hydrogens (tertiary/aromatic N) is 1. The topological polar surface area (TPSA) is 113 Å². The van der Waals surface area contributed by atoms with Crippen molar-refractivity contribution in [1.29, 1.82) is 0 Å². The van der Waals surface area contributed by atoms with Gasteiger partial charge >= 0.3 is 11.9 Å². The fraction of sp³-hybridized carbons (Fsp3) is 0. The number of nitrogens with two attached hydrogens (primary N) is 1. The number of carboxylic acid groups (broad SMARTS) is 2. The second kappa shape index (κ2) is 7.04. The molecule has 0 saturated heterocycles. The summed E-state index contributed by atoms with van der Waals surface area (Å²) in [6.45, 7) is 0. The van der Waals surface area contributed by atoms with Crippen LogP contribution >= 0.6 is 0 Å². The Kier molecular flexibility index (Phi) is 4.89. The van der Waals surface area contributed by atoms with Gasteiger partial charge in [-0.15, -0.1) is 0 Å². The van der Waals surface area contributed by atoms with Crippen LogP contribution in [0.3, 0.4) is 0 Å². The molecule has 23 heavy (non-hydrogen) atoms. The average Bonchev–Trinajstić information content (AvgIpc) is 2.56. The number of rotatable bonds is 5. The Morgan fingerprint density at radius 3 is 1.57 bits per heavy atom. The van der Waals surface area contributed by atoms with E-state index in [0.717, 1.165) is 0 Å². The highest BCUT2D eigenvalue weighted by Gasteiger charge is 2.19. The van der Waals surface area contributed by atoms with Crippen LogP contribution in [-0.2, 0) is 9.59 Å². The standard InChI is InChI=1S/C17H14N2O4/c18-13(16(20)21)15(17(22)23)19-14(11-7-3-1-4-8-11)12-9-5-2-6-10-12/h1-10H,18H2,(H,20,21)(H,22,23)/b15-13-. The Hall–Kier alpha value is -3.41. The highest BCUT2D eigenvalue weighted by atomic mass is 16.4. The Morgan fingerprint density at radius 2 is 1.22 bits per heavy atom. The van der Waals surface area contributed by atoms with Gasteiger partial charge in [0.25, 0.3) is 0 Å². The van der Waals surface area contributed by atoms with Crippen molar-refractivity contribution in [2.75, 3.05) is 0 Å². The molecule has 0 heterocycles. The maximum Gasteiger partial charge on any atom is 0.356 e. The predicted octanol–water partition coefficient (Wildman–Crippen LogP) is 1.86. The summed E-state index contributed by atoms with van der Waals surface area (Å²) in [5.74, 6) is -3.04. The zero-order chi connectivity index (χ0) is 16.8. The highest BCUT2D eigenvalue weighted by molar-refractivity contribution is 6.15. The first-order valence-electron chi connectivity index (χ1n) is 6.66. The maximum atomic E-state index is 11.3. The minimum atomic E-state index is -1.54. The van der Waals surface area contributed by atoms with Gasteiger partial charge in [0.05, 0.1) is 5.71 Å². The molecule has 0 aliphatic rings. The molecule has 0 aromatic heterocycles. The number of aliphatic carboxylic acids is 2. The van der Waals surface area contributed by atoms with Gasteiger partial charge in [0, 0.05) is 11.1 Å². The lowest BCUT2D eigenvalue weighted by Gasteiger charge is -2.08. The van der Waals surface area contributed by atoms with Gasteiger partial charge < -0.3 is 15.9 Å². The Labute approximate surface area is 132 Å². The monoisotopic (exact) mass is 310 g/mol. The number of aliphatic imine (C=N–C) groups is 1. The summed E-state index contributed by atoms with van der Waals surface area (Å²) < 4.78 is 0. The van der Waals surface area contributed by atoms with Crippen LogP contribution in [0.25, 0.3) is 0 Å². The molecule has 2 rings (SSSR count). The smallest absolute Gasteiger partial charge is 0.356 e. The van der Waals surface area contributed by atoms with E-state index in [-0.39, 0.29) is 0 Å². The van der Waals surface area contributed by atoms with E-state index in [1.165, 1.54) is 0 Å². The molecule has 2 aromatic rings. The van der Waals surface area contributed by atoms with Crippen molar-refractivity contribution in [2.45, 2.75) is 0 Å². The summed E-state index contributed by atoms with van der Waals surface area (Å²) in [6.07, 6.45) is 0. The molecule has 0 spiro atoms. The van der Waals surface area contributed by atoms with E-state index >= 15 is 0 Å². The lowest BCUT2D eigenvalue weighted by Crippen LogP contribution is -2.18. The quantitative estimate of drug-likeness (QED) is 0.576. The largest absolute Gasteiger partial charge is 0.477 e. The summed E-state index contributed by atoms with van der Waals surface area (Å²) >= 11 is 0. The maximum absolute atomic E-state index is 11.3. The summed E-state index contributed by atoms with van der Waals surface area (Å²) in [6, 6.07) is 17.7. The molecule has 2 aromatic carbocycles. The van der Waals surface area contributed by atoms with Crippen LogP contribution < -0.4 is 5.73 Å². The average molecular weight is 310 g/mol. The first-order chi connectivity index (χ1) is 11.0. The van der Waals surface area contributed by atoms with Gasteiger partial charge in [-0.2, -0.15) is 0 Å². The molecule has 6 heteroatoms. The zero-order valence-electron chi connectivity index (χ0n) is 12.0. The van der Waals surface area contributed by atoms with E-state index in [9.17, 15) is 14.7 Å². The Bertz CT molecular complexity index is 739. The normalized spacial score (nSPS) is 11.3. The van der Waals surface area contributed by atoms with E-state index in [2.05, 4.69) is 4.99 Å². The van der Waals surface area contributed by atoms with Crippen molar-refractivity contribution in [3.05, 3.63) is 83.2 Å². The van der Waals surface area contributed by atoms with Crippen LogP contribution in [0.2, 0.25) is 0 Å². The van der Waals surface area contributed by atoms with Gasteiger partial charge in [0.15, 0.2) is 11.4 Å². The molecule has 0 amide bonds. The van der Waals surface area contributed by atoms with Crippen LogP contribution in [0.4, 0.5) is 0 Å². The SMILES string of the molecule is N/C(C(=O)O)=C(\N=C(c1ccccc1)c1ccccc1)C(=O)O. The summed E-state index contributed by atoms with van der Waals surface area (Å²) in [7, 11) is 0. The number of hydrogen-bond donors (Lipinski definition) is 3. The van der Waals surface area contributed by atoms with Crippen molar-refractivity contribution < 1.29 is 19.8 Å². The lowest BCUT2D eigenvalue weighted by atomic mass is 10.0. The van der Waals surface area contributed by atoms with Crippen molar-refractivity contribution in [1.82, 2.24) is 0 Å². The van der Waals surface area contributed by atoms with E-state index in [1.807, 2.05) is 12.1 Å². The molecule has 0 unspecified atom stereocenters. The van der Waals surface area contributed by atoms with Gasteiger partial charge in [-0.3, -0.25) is 0 Å². The third-order valence-corrected chi connectivity index (χ3v) is 3.01. The summed E-state index contributed by atoms with van der Waals surface area (Å²) in [5, 5.41) is 18.2. The molecule has 0 fully saturated rings. The number of carboxylic acids is 2. The third kappa shape index (κ3) is 3.82. The van der Waals surface area contributed by atoms with Gasteiger partial charge in [-0.05, 0) is 0 Å². The van der Waals surface area contributed by atoms with E-state index in [0.29, 0.717) is 16.8 Å². The second-order valence-electron chi connectivity index (χ2n) is 4.57. The fourth-order valence-corrected chi connectivity index (χ4v) is 1.92. The molecule has 0 saturated carbocycles. The third-order valence-electron chi connectivity index (χ3n) is 3.01. The van der Waals surface area contributed by atoms with Crippen LogP contribution in [0.1, 0.15) is 11.1 Å². The molecule has 6 nitrogen and oxygen atoms in total. The molecule has 0 radical (unpaired) electrons. The highest BCUT2D eigenvalue weighted by Crippen LogP contribution is 2.14. The van der Waals surface area contributed by atoms with Crippen LogP contribution in [-0.4, -0.2) is 27.9 Å². The molecule has 0 aliphatic heterocycles. The van der Waals surface area contributed by atoms with Crippen LogP contribution in [0, 0.1) is 0 Å². The Balaban J connectivity index is 2.69. The predicted molar refractivity (Wildman–Crippen MR) is 85.0 cm³/mol. The van der Waals surface area contributed by atoms with Crippen molar-refractivity contribution in [3.8, 4) is 0 Å². The molecular weight excluding hydrogens is 296 g/mol. The van der Waals surface area contributed by atoms with Gasteiger partial charge in [-0.1, -0.05) is 60.7 Å². The Morgan fingerprint density at radius 1 is 0.783 bits per heavy atom. The second-order valence-corrected chi connectivity index (χ2v) is 4.57. The molecule has 0 atom stereocenters. The number of hydrogen-bond acceptors (Lipinski definition) is 4. The van der Waals surface area contributed by atoms with Gasteiger partial charge in [-0.25, -0.2) is 14.6 Å². The molecule has 4 N–H and O–H groups in total. The van der Waals surface area contributed by atoms with E-state index < -0.39 is 23.3 Å². The summed E-state index contributed by atoms with van der Waals surface area (Å²) in [5.41, 5.74) is 5.46. The van der Waals surface area contributed by atoms with E-state index in [4.69, 9.17) is 10.8 Å².